The van der Waals surface area contributed by atoms with Crippen LogP contribution in [-0.4, -0.2) is 37.5 Å². The molecule has 0 unspecified atom stereocenters. The first-order valence-corrected chi connectivity index (χ1v) is 9.24. The van der Waals surface area contributed by atoms with Gasteiger partial charge < -0.3 is 20.1 Å². The summed E-state index contributed by atoms with van der Waals surface area (Å²) in [5.74, 6) is 0.930. The molecular formula is C21H28N2O2. The Bertz CT molecular complexity index is 666. The predicted octanol–water partition coefficient (Wildman–Crippen LogP) is 3.70. The van der Waals surface area contributed by atoms with E-state index in [1.807, 2.05) is 12.1 Å². The molecule has 0 radical (unpaired) electrons. The molecular weight excluding hydrogens is 312 g/mol. The summed E-state index contributed by atoms with van der Waals surface area (Å²) >= 11 is 0. The van der Waals surface area contributed by atoms with Crippen molar-refractivity contribution in [2.24, 2.45) is 0 Å². The van der Waals surface area contributed by atoms with Crippen LogP contribution in [0.4, 0.5) is 11.4 Å². The number of benzene rings is 2. The van der Waals surface area contributed by atoms with Crippen LogP contribution in [0.25, 0.3) is 0 Å². The Balaban J connectivity index is 1.53. The Morgan fingerprint density at radius 3 is 2.72 bits per heavy atom. The second-order valence-corrected chi connectivity index (χ2v) is 6.51. The molecule has 0 atom stereocenters. The van der Waals surface area contributed by atoms with Crippen molar-refractivity contribution in [3.05, 3.63) is 54.1 Å². The zero-order chi connectivity index (χ0) is 17.5. The lowest BCUT2D eigenvalue weighted by Gasteiger charge is -2.33. The van der Waals surface area contributed by atoms with Crippen LogP contribution >= 0.6 is 0 Å². The van der Waals surface area contributed by atoms with E-state index in [-0.39, 0.29) is 6.10 Å². The Labute approximate surface area is 150 Å². The molecule has 3 rings (SSSR count). The molecule has 2 aromatic carbocycles. The molecule has 1 heterocycles. The van der Waals surface area contributed by atoms with Crippen molar-refractivity contribution in [2.45, 2.75) is 32.3 Å². The van der Waals surface area contributed by atoms with Gasteiger partial charge in [-0.3, -0.25) is 0 Å². The summed E-state index contributed by atoms with van der Waals surface area (Å²) < 4.78 is 5.86. The van der Waals surface area contributed by atoms with Crippen LogP contribution in [0.15, 0.2) is 48.5 Å². The number of anilines is 2. The van der Waals surface area contributed by atoms with Gasteiger partial charge in [0.2, 0.25) is 0 Å². The van der Waals surface area contributed by atoms with Gasteiger partial charge in [0.1, 0.15) is 12.4 Å². The minimum absolute atomic E-state index is 0.149. The maximum absolute atomic E-state index is 9.70. The van der Waals surface area contributed by atoms with E-state index in [2.05, 4.69) is 53.5 Å². The van der Waals surface area contributed by atoms with Crippen molar-refractivity contribution in [3.63, 3.8) is 0 Å². The quantitative estimate of drug-likeness (QED) is 0.755. The Morgan fingerprint density at radius 2 is 1.92 bits per heavy atom. The molecule has 0 bridgehead atoms. The van der Waals surface area contributed by atoms with Crippen LogP contribution in [0.1, 0.15) is 25.3 Å². The van der Waals surface area contributed by atoms with Gasteiger partial charge in [-0.15, -0.1) is 0 Å². The monoisotopic (exact) mass is 340 g/mol. The molecule has 0 aromatic heterocycles. The largest absolute Gasteiger partial charge is 0.492 e. The molecule has 2 N–H and O–H groups in total. The lowest BCUT2D eigenvalue weighted by atomic mass is 10.1. The zero-order valence-corrected chi connectivity index (χ0v) is 14.9. The molecule has 0 aliphatic carbocycles. The van der Waals surface area contributed by atoms with E-state index in [4.69, 9.17) is 4.74 Å². The summed E-state index contributed by atoms with van der Waals surface area (Å²) in [6, 6.07) is 16.6. The minimum Gasteiger partial charge on any atom is -0.492 e. The third-order valence-corrected chi connectivity index (χ3v) is 4.70. The van der Waals surface area contributed by atoms with Crippen molar-refractivity contribution >= 4 is 11.4 Å². The Hall–Kier alpha value is -2.20. The average Bonchev–Trinajstić information content (AvgIpc) is 2.66. The van der Waals surface area contributed by atoms with Crippen LogP contribution in [0.3, 0.4) is 0 Å². The van der Waals surface area contributed by atoms with Gasteiger partial charge in [-0.25, -0.2) is 0 Å². The minimum atomic E-state index is -0.149. The van der Waals surface area contributed by atoms with Gasteiger partial charge in [0.15, 0.2) is 0 Å². The SMILES string of the molecule is CCc1cccc(OCCNc2ccccc2N2CCC(O)CC2)c1. The van der Waals surface area contributed by atoms with Gasteiger partial charge in [-0.1, -0.05) is 31.2 Å². The van der Waals surface area contributed by atoms with Gasteiger partial charge in [0.05, 0.1) is 17.5 Å². The number of nitrogens with zero attached hydrogens (tertiary/aromatic N) is 1. The van der Waals surface area contributed by atoms with E-state index in [0.717, 1.165) is 50.3 Å². The standard InChI is InChI=1S/C21H28N2O2/c1-2-17-6-5-7-19(16-17)25-15-12-22-20-8-3-4-9-21(20)23-13-10-18(24)11-14-23/h3-9,16,18,22,24H,2,10-15H2,1H3. The van der Waals surface area contributed by atoms with Gasteiger partial charge in [0, 0.05) is 19.6 Å². The number of aryl methyl sites for hydroxylation is 1. The van der Waals surface area contributed by atoms with Gasteiger partial charge >= 0.3 is 0 Å². The smallest absolute Gasteiger partial charge is 0.119 e. The normalized spacial score (nSPS) is 15.2. The summed E-state index contributed by atoms with van der Waals surface area (Å²) in [6.45, 7) is 5.33. The van der Waals surface area contributed by atoms with E-state index >= 15 is 0 Å². The fourth-order valence-electron chi connectivity index (χ4n) is 3.22. The second-order valence-electron chi connectivity index (χ2n) is 6.51. The Morgan fingerprint density at radius 1 is 1.12 bits per heavy atom. The average molecular weight is 340 g/mol. The molecule has 0 spiro atoms. The molecule has 4 heteroatoms. The van der Waals surface area contributed by atoms with Crippen LogP contribution in [0.2, 0.25) is 0 Å². The summed E-state index contributed by atoms with van der Waals surface area (Å²) in [5, 5.41) is 13.2. The number of hydrogen-bond acceptors (Lipinski definition) is 4. The molecule has 4 nitrogen and oxygen atoms in total. The van der Waals surface area contributed by atoms with Gasteiger partial charge in [0.25, 0.3) is 0 Å². The van der Waals surface area contributed by atoms with Crippen LogP contribution < -0.4 is 15.0 Å². The highest BCUT2D eigenvalue weighted by Gasteiger charge is 2.18. The van der Waals surface area contributed by atoms with E-state index < -0.39 is 0 Å². The van der Waals surface area contributed by atoms with Crippen molar-refractivity contribution in [3.8, 4) is 5.75 Å². The molecule has 134 valence electrons. The first-order valence-electron chi connectivity index (χ1n) is 9.24. The lowest BCUT2D eigenvalue weighted by molar-refractivity contribution is 0.145. The van der Waals surface area contributed by atoms with E-state index in [9.17, 15) is 5.11 Å². The topological polar surface area (TPSA) is 44.7 Å². The fraction of sp³-hybridized carbons (Fsp3) is 0.429. The molecule has 1 fully saturated rings. The molecule has 0 amide bonds. The van der Waals surface area contributed by atoms with Crippen molar-refractivity contribution in [1.29, 1.82) is 0 Å². The van der Waals surface area contributed by atoms with Crippen LogP contribution in [-0.2, 0) is 6.42 Å². The molecule has 25 heavy (non-hydrogen) atoms. The highest BCUT2D eigenvalue weighted by molar-refractivity contribution is 5.70. The van der Waals surface area contributed by atoms with Crippen LogP contribution in [0, 0.1) is 0 Å². The third-order valence-electron chi connectivity index (χ3n) is 4.70. The van der Waals surface area contributed by atoms with E-state index in [0.29, 0.717) is 6.61 Å². The highest BCUT2D eigenvalue weighted by Crippen LogP contribution is 2.28. The molecule has 2 aromatic rings. The molecule has 1 saturated heterocycles. The Kier molecular flexibility index (Phi) is 6.18. The molecule has 1 aliphatic heterocycles. The first-order chi connectivity index (χ1) is 12.3. The second kappa shape index (κ2) is 8.77. The predicted molar refractivity (Wildman–Crippen MR) is 104 cm³/mol. The highest BCUT2D eigenvalue weighted by atomic mass is 16.5. The summed E-state index contributed by atoms with van der Waals surface area (Å²) in [5.41, 5.74) is 3.63. The zero-order valence-electron chi connectivity index (χ0n) is 14.9. The third kappa shape index (κ3) is 4.89. The molecule has 1 aliphatic rings. The van der Waals surface area contributed by atoms with Crippen LogP contribution in [0.5, 0.6) is 5.75 Å². The maximum Gasteiger partial charge on any atom is 0.119 e. The summed E-state index contributed by atoms with van der Waals surface area (Å²) in [6.07, 6.45) is 2.55. The number of aliphatic hydroxyl groups excluding tert-OH is 1. The van der Waals surface area contributed by atoms with E-state index in [1.54, 1.807) is 0 Å². The van der Waals surface area contributed by atoms with Crippen molar-refractivity contribution in [2.75, 3.05) is 36.5 Å². The number of aliphatic hydroxyl groups is 1. The van der Waals surface area contributed by atoms with Gasteiger partial charge in [-0.05, 0) is 49.1 Å². The lowest BCUT2D eigenvalue weighted by Crippen LogP contribution is -2.36. The van der Waals surface area contributed by atoms with Crippen molar-refractivity contribution < 1.29 is 9.84 Å². The number of rotatable bonds is 7. The van der Waals surface area contributed by atoms with E-state index in [1.165, 1.54) is 11.3 Å². The fourth-order valence-corrected chi connectivity index (χ4v) is 3.22. The van der Waals surface area contributed by atoms with Crippen molar-refractivity contribution in [1.82, 2.24) is 0 Å². The number of piperidine rings is 1. The first kappa shape index (κ1) is 17.6. The summed E-state index contributed by atoms with van der Waals surface area (Å²) in [7, 11) is 0. The number of nitrogens with one attached hydrogen (secondary N) is 1. The maximum atomic E-state index is 9.70. The number of hydrogen-bond donors (Lipinski definition) is 2. The number of ether oxygens (including phenoxy) is 1. The molecule has 0 saturated carbocycles. The number of para-hydroxylation sites is 2. The van der Waals surface area contributed by atoms with Gasteiger partial charge in [-0.2, -0.15) is 0 Å². The summed E-state index contributed by atoms with van der Waals surface area (Å²) in [4.78, 5) is 2.35.